The van der Waals surface area contributed by atoms with Crippen molar-refractivity contribution >= 4 is 0 Å². The Morgan fingerprint density at radius 3 is 2.31 bits per heavy atom. The molecular weight excluding hydrogens is 158 g/mol. The second-order valence-electron chi connectivity index (χ2n) is 5.10. The summed E-state index contributed by atoms with van der Waals surface area (Å²) in [6, 6.07) is 0. The lowest BCUT2D eigenvalue weighted by molar-refractivity contribution is 0.145. The van der Waals surface area contributed by atoms with E-state index in [4.69, 9.17) is 0 Å². The Morgan fingerprint density at radius 1 is 1.23 bits per heavy atom. The normalized spacial score (nSPS) is 22.2. The van der Waals surface area contributed by atoms with E-state index >= 15 is 0 Å². The molecule has 1 aliphatic rings. The number of hydrogen-bond donors (Lipinski definition) is 1. The average Bonchev–Trinajstić information content (AvgIpc) is 2.04. The number of rotatable bonds is 4. The SMILES string of the molecule is CCCC1(CC(C)C)CCNCC1. The summed E-state index contributed by atoms with van der Waals surface area (Å²) in [7, 11) is 0. The van der Waals surface area contributed by atoms with Crippen LogP contribution in [0.15, 0.2) is 0 Å². The predicted octanol–water partition coefficient (Wildman–Crippen LogP) is 3.20. The zero-order valence-electron chi connectivity index (χ0n) is 9.53. The van der Waals surface area contributed by atoms with Gasteiger partial charge in [0.05, 0.1) is 0 Å². The van der Waals surface area contributed by atoms with Crippen molar-refractivity contribution in [2.24, 2.45) is 11.3 Å². The van der Waals surface area contributed by atoms with E-state index in [0.717, 1.165) is 5.92 Å². The minimum atomic E-state index is 0.689. The van der Waals surface area contributed by atoms with Crippen molar-refractivity contribution in [3.8, 4) is 0 Å². The third kappa shape index (κ3) is 3.30. The molecule has 0 bridgehead atoms. The van der Waals surface area contributed by atoms with E-state index in [0.29, 0.717) is 5.41 Å². The molecule has 1 fully saturated rings. The molecule has 0 unspecified atom stereocenters. The lowest BCUT2D eigenvalue weighted by atomic mass is 9.70. The Labute approximate surface area is 83.3 Å². The van der Waals surface area contributed by atoms with Crippen LogP contribution in [0.25, 0.3) is 0 Å². The lowest BCUT2D eigenvalue weighted by Crippen LogP contribution is -2.37. The molecule has 1 saturated heterocycles. The molecule has 1 N–H and O–H groups in total. The average molecular weight is 183 g/mol. The van der Waals surface area contributed by atoms with Gasteiger partial charge < -0.3 is 5.32 Å². The largest absolute Gasteiger partial charge is 0.317 e. The van der Waals surface area contributed by atoms with Crippen LogP contribution in [0.2, 0.25) is 0 Å². The maximum Gasteiger partial charge on any atom is -0.00436 e. The van der Waals surface area contributed by atoms with Gasteiger partial charge >= 0.3 is 0 Å². The first-order valence-corrected chi connectivity index (χ1v) is 5.89. The van der Waals surface area contributed by atoms with Gasteiger partial charge in [-0.3, -0.25) is 0 Å². The minimum Gasteiger partial charge on any atom is -0.317 e. The molecule has 13 heavy (non-hydrogen) atoms. The van der Waals surface area contributed by atoms with E-state index in [9.17, 15) is 0 Å². The Morgan fingerprint density at radius 2 is 1.85 bits per heavy atom. The monoisotopic (exact) mass is 183 g/mol. The van der Waals surface area contributed by atoms with Gasteiger partial charge in [-0.05, 0) is 50.1 Å². The molecular formula is C12H25N. The second-order valence-corrected chi connectivity index (χ2v) is 5.10. The van der Waals surface area contributed by atoms with Crippen LogP contribution in [0.4, 0.5) is 0 Å². The first kappa shape index (κ1) is 11.0. The first-order chi connectivity index (χ1) is 6.18. The first-order valence-electron chi connectivity index (χ1n) is 5.89. The summed E-state index contributed by atoms with van der Waals surface area (Å²) in [4.78, 5) is 0. The molecule has 0 aromatic carbocycles. The summed E-state index contributed by atoms with van der Waals surface area (Å²) in [6.07, 6.45) is 7.03. The molecule has 0 radical (unpaired) electrons. The van der Waals surface area contributed by atoms with Gasteiger partial charge in [0.1, 0.15) is 0 Å². The molecule has 0 amide bonds. The highest BCUT2D eigenvalue weighted by Crippen LogP contribution is 2.39. The third-order valence-electron chi connectivity index (χ3n) is 3.29. The highest BCUT2D eigenvalue weighted by atomic mass is 14.9. The zero-order valence-corrected chi connectivity index (χ0v) is 9.53. The standard InChI is InChI=1S/C12H25N/c1-4-5-12(10-11(2)3)6-8-13-9-7-12/h11,13H,4-10H2,1-3H3. The summed E-state index contributed by atoms with van der Waals surface area (Å²) in [6.45, 7) is 9.53. The van der Waals surface area contributed by atoms with Crippen LogP contribution in [0, 0.1) is 11.3 Å². The van der Waals surface area contributed by atoms with E-state index in [1.165, 1.54) is 45.2 Å². The Kier molecular flexibility index (Phi) is 4.24. The van der Waals surface area contributed by atoms with Crippen LogP contribution in [-0.2, 0) is 0 Å². The van der Waals surface area contributed by atoms with Crippen molar-refractivity contribution in [1.29, 1.82) is 0 Å². The highest BCUT2D eigenvalue weighted by Gasteiger charge is 2.31. The molecule has 0 aliphatic carbocycles. The van der Waals surface area contributed by atoms with Gasteiger partial charge in [-0.1, -0.05) is 27.2 Å². The van der Waals surface area contributed by atoms with E-state index in [2.05, 4.69) is 26.1 Å². The van der Waals surface area contributed by atoms with Crippen molar-refractivity contribution in [2.45, 2.75) is 52.9 Å². The zero-order chi connectivity index (χ0) is 9.73. The van der Waals surface area contributed by atoms with E-state index in [1.54, 1.807) is 0 Å². The summed E-state index contributed by atoms with van der Waals surface area (Å²) in [5.41, 5.74) is 0.689. The molecule has 78 valence electrons. The minimum absolute atomic E-state index is 0.689. The van der Waals surface area contributed by atoms with Crippen LogP contribution in [0.1, 0.15) is 52.9 Å². The van der Waals surface area contributed by atoms with Crippen LogP contribution >= 0.6 is 0 Å². The molecule has 0 atom stereocenters. The van der Waals surface area contributed by atoms with E-state index in [-0.39, 0.29) is 0 Å². The van der Waals surface area contributed by atoms with Gasteiger partial charge in [-0.15, -0.1) is 0 Å². The third-order valence-corrected chi connectivity index (χ3v) is 3.29. The molecule has 0 aromatic rings. The summed E-state index contributed by atoms with van der Waals surface area (Å²) < 4.78 is 0. The molecule has 0 aromatic heterocycles. The highest BCUT2D eigenvalue weighted by molar-refractivity contribution is 4.85. The Bertz CT molecular complexity index is 129. The summed E-state index contributed by atoms with van der Waals surface area (Å²) >= 11 is 0. The predicted molar refractivity (Wildman–Crippen MR) is 58.9 cm³/mol. The van der Waals surface area contributed by atoms with Crippen LogP contribution in [0.5, 0.6) is 0 Å². The molecule has 1 heteroatoms. The van der Waals surface area contributed by atoms with Crippen molar-refractivity contribution in [3.63, 3.8) is 0 Å². The van der Waals surface area contributed by atoms with Gasteiger partial charge in [0, 0.05) is 0 Å². The molecule has 1 nitrogen and oxygen atoms in total. The molecule has 0 saturated carbocycles. The van der Waals surface area contributed by atoms with Crippen molar-refractivity contribution in [1.82, 2.24) is 5.32 Å². The molecule has 1 aliphatic heterocycles. The fourth-order valence-electron chi connectivity index (χ4n) is 2.91. The quantitative estimate of drug-likeness (QED) is 0.705. The van der Waals surface area contributed by atoms with Gasteiger partial charge in [-0.2, -0.15) is 0 Å². The summed E-state index contributed by atoms with van der Waals surface area (Å²) in [5, 5.41) is 3.47. The van der Waals surface area contributed by atoms with Crippen molar-refractivity contribution < 1.29 is 0 Å². The smallest absolute Gasteiger partial charge is 0.00436 e. The number of hydrogen-bond acceptors (Lipinski definition) is 1. The lowest BCUT2D eigenvalue weighted by Gasteiger charge is -2.39. The topological polar surface area (TPSA) is 12.0 Å². The molecule has 1 heterocycles. The Balaban J connectivity index is 2.50. The molecule has 0 spiro atoms. The number of piperidine rings is 1. The fourth-order valence-corrected chi connectivity index (χ4v) is 2.91. The maximum atomic E-state index is 3.47. The van der Waals surface area contributed by atoms with Crippen LogP contribution in [-0.4, -0.2) is 13.1 Å². The van der Waals surface area contributed by atoms with Gasteiger partial charge in [0.2, 0.25) is 0 Å². The van der Waals surface area contributed by atoms with Crippen molar-refractivity contribution in [3.05, 3.63) is 0 Å². The van der Waals surface area contributed by atoms with Crippen LogP contribution < -0.4 is 5.32 Å². The maximum absolute atomic E-state index is 3.47. The van der Waals surface area contributed by atoms with E-state index < -0.39 is 0 Å². The van der Waals surface area contributed by atoms with Gasteiger partial charge in [0.15, 0.2) is 0 Å². The van der Waals surface area contributed by atoms with Crippen molar-refractivity contribution in [2.75, 3.05) is 13.1 Å². The number of nitrogens with one attached hydrogen (secondary N) is 1. The van der Waals surface area contributed by atoms with Gasteiger partial charge in [-0.25, -0.2) is 0 Å². The van der Waals surface area contributed by atoms with E-state index in [1.807, 2.05) is 0 Å². The van der Waals surface area contributed by atoms with Gasteiger partial charge in [0.25, 0.3) is 0 Å². The second kappa shape index (κ2) is 4.99. The fraction of sp³-hybridized carbons (Fsp3) is 1.00. The Hall–Kier alpha value is -0.0400. The summed E-state index contributed by atoms with van der Waals surface area (Å²) in [5.74, 6) is 0.865. The molecule has 1 rings (SSSR count). The van der Waals surface area contributed by atoms with Crippen LogP contribution in [0.3, 0.4) is 0 Å².